The average Bonchev–Trinajstić information content (AvgIpc) is 2.94. The maximum absolute atomic E-state index is 10.5. The van der Waals surface area contributed by atoms with E-state index in [1.54, 1.807) is 12.5 Å². The Kier molecular flexibility index (Phi) is 2.45. The van der Waals surface area contributed by atoms with Crippen LogP contribution in [0, 0.1) is 6.92 Å². The molecule has 2 aromatic heterocycles. The number of fused-ring (bicyclic) bond motifs is 1. The van der Waals surface area contributed by atoms with Gasteiger partial charge in [-0.25, -0.2) is 4.98 Å². The summed E-state index contributed by atoms with van der Waals surface area (Å²) in [5.74, 6) is 0.872. The highest BCUT2D eigenvalue weighted by Gasteiger charge is 2.19. The van der Waals surface area contributed by atoms with Crippen molar-refractivity contribution in [2.24, 2.45) is 7.05 Å². The van der Waals surface area contributed by atoms with E-state index in [0.717, 1.165) is 28.1 Å². The smallest absolute Gasteiger partial charge is 0.134 e. The molecular weight excluding hydrogens is 228 g/mol. The van der Waals surface area contributed by atoms with E-state index < -0.39 is 6.10 Å². The van der Waals surface area contributed by atoms with Gasteiger partial charge in [-0.05, 0) is 13.0 Å². The van der Waals surface area contributed by atoms with E-state index in [2.05, 4.69) is 4.98 Å². The first-order valence-corrected chi connectivity index (χ1v) is 5.81. The van der Waals surface area contributed by atoms with Crippen molar-refractivity contribution in [1.82, 2.24) is 9.55 Å². The minimum atomic E-state index is -0.722. The summed E-state index contributed by atoms with van der Waals surface area (Å²) in [6, 6.07) is 7.68. The molecule has 0 bridgehead atoms. The quantitative estimate of drug-likeness (QED) is 0.751. The molecule has 0 saturated heterocycles. The van der Waals surface area contributed by atoms with Crippen LogP contribution in [0.5, 0.6) is 0 Å². The molecule has 1 unspecified atom stereocenters. The van der Waals surface area contributed by atoms with Crippen LogP contribution in [0.25, 0.3) is 11.0 Å². The molecular formula is C14H14N2O2. The zero-order chi connectivity index (χ0) is 12.7. The van der Waals surface area contributed by atoms with Crippen molar-refractivity contribution >= 4 is 11.0 Å². The molecule has 1 N–H and O–H groups in total. The second-order valence-corrected chi connectivity index (χ2v) is 4.38. The van der Waals surface area contributed by atoms with Crippen LogP contribution in [0.15, 0.2) is 41.1 Å². The second-order valence-electron chi connectivity index (χ2n) is 4.38. The van der Waals surface area contributed by atoms with Gasteiger partial charge in [0.1, 0.15) is 17.5 Å². The maximum Gasteiger partial charge on any atom is 0.134 e. The van der Waals surface area contributed by atoms with Crippen LogP contribution >= 0.6 is 0 Å². The Morgan fingerprint density at radius 3 is 2.83 bits per heavy atom. The molecule has 4 heteroatoms. The van der Waals surface area contributed by atoms with Crippen LogP contribution in [-0.4, -0.2) is 14.7 Å². The fourth-order valence-corrected chi connectivity index (χ4v) is 2.14. The van der Waals surface area contributed by atoms with Gasteiger partial charge in [0, 0.05) is 18.0 Å². The SMILES string of the molecule is Cc1ncc(C(O)c2coc3ccccc23)n1C. The molecule has 0 fully saturated rings. The third kappa shape index (κ3) is 1.54. The van der Waals surface area contributed by atoms with E-state index in [9.17, 15) is 5.11 Å². The van der Waals surface area contributed by atoms with E-state index in [1.165, 1.54) is 0 Å². The first kappa shape index (κ1) is 11.0. The highest BCUT2D eigenvalue weighted by molar-refractivity contribution is 5.81. The number of hydrogen-bond donors (Lipinski definition) is 1. The van der Waals surface area contributed by atoms with Crippen molar-refractivity contribution in [1.29, 1.82) is 0 Å². The molecule has 1 aromatic carbocycles. The molecule has 92 valence electrons. The summed E-state index contributed by atoms with van der Waals surface area (Å²) in [6.07, 6.45) is 2.58. The van der Waals surface area contributed by atoms with Crippen molar-refractivity contribution in [3.63, 3.8) is 0 Å². The molecule has 3 aromatic rings. The largest absolute Gasteiger partial charge is 0.464 e. The van der Waals surface area contributed by atoms with Gasteiger partial charge in [0.25, 0.3) is 0 Å². The minimum Gasteiger partial charge on any atom is -0.464 e. The zero-order valence-electron chi connectivity index (χ0n) is 10.3. The minimum absolute atomic E-state index is 0.722. The molecule has 0 aliphatic carbocycles. The summed E-state index contributed by atoms with van der Waals surface area (Å²) in [7, 11) is 1.89. The van der Waals surface area contributed by atoms with Crippen LogP contribution in [0.4, 0.5) is 0 Å². The van der Waals surface area contributed by atoms with Crippen LogP contribution in [0.1, 0.15) is 23.2 Å². The molecule has 0 radical (unpaired) electrons. The third-order valence-electron chi connectivity index (χ3n) is 3.34. The van der Waals surface area contributed by atoms with Crippen molar-refractivity contribution in [2.75, 3.05) is 0 Å². The van der Waals surface area contributed by atoms with Crippen molar-refractivity contribution in [3.8, 4) is 0 Å². The fourth-order valence-electron chi connectivity index (χ4n) is 2.14. The number of imidazole rings is 1. The molecule has 1 atom stereocenters. The van der Waals surface area contributed by atoms with Gasteiger partial charge in [-0.2, -0.15) is 0 Å². The lowest BCUT2D eigenvalue weighted by Crippen LogP contribution is -2.06. The number of rotatable bonds is 2. The number of aromatic nitrogens is 2. The number of hydrogen-bond acceptors (Lipinski definition) is 3. The topological polar surface area (TPSA) is 51.2 Å². The predicted molar refractivity (Wildman–Crippen MR) is 68.2 cm³/mol. The van der Waals surface area contributed by atoms with E-state index in [1.807, 2.05) is 42.8 Å². The molecule has 2 heterocycles. The molecule has 0 spiro atoms. The molecule has 0 amide bonds. The van der Waals surface area contributed by atoms with E-state index in [-0.39, 0.29) is 0 Å². The maximum atomic E-state index is 10.5. The first-order chi connectivity index (χ1) is 8.68. The number of benzene rings is 1. The molecule has 0 aliphatic heterocycles. The molecule has 0 aliphatic rings. The van der Waals surface area contributed by atoms with Gasteiger partial charge >= 0.3 is 0 Å². The summed E-state index contributed by atoms with van der Waals surface area (Å²) < 4.78 is 7.33. The van der Waals surface area contributed by atoms with Crippen LogP contribution in [0.3, 0.4) is 0 Å². The highest BCUT2D eigenvalue weighted by atomic mass is 16.3. The van der Waals surface area contributed by atoms with Crippen LogP contribution in [0.2, 0.25) is 0 Å². The summed E-state index contributed by atoms with van der Waals surface area (Å²) in [4.78, 5) is 4.20. The third-order valence-corrected chi connectivity index (χ3v) is 3.34. The zero-order valence-corrected chi connectivity index (χ0v) is 10.3. The van der Waals surface area contributed by atoms with Crippen molar-refractivity contribution < 1.29 is 9.52 Å². The highest BCUT2D eigenvalue weighted by Crippen LogP contribution is 2.30. The summed E-state index contributed by atoms with van der Waals surface area (Å²) >= 11 is 0. The van der Waals surface area contributed by atoms with Gasteiger partial charge in [-0.3, -0.25) is 0 Å². The average molecular weight is 242 g/mol. The Morgan fingerprint density at radius 2 is 2.11 bits per heavy atom. The lowest BCUT2D eigenvalue weighted by atomic mass is 10.1. The summed E-state index contributed by atoms with van der Waals surface area (Å²) in [6.45, 7) is 1.91. The van der Waals surface area contributed by atoms with Crippen molar-refractivity contribution in [3.05, 3.63) is 53.8 Å². The number of aliphatic hydroxyl groups is 1. The fraction of sp³-hybridized carbons (Fsp3) is 0.214. The monoisotopic (exact) mass is 242 g/mol. The van der Waals surface area contributed by atoms with Gasteiger partial charge in [0.15, 0.2) is 0 Å². The molecule has 18 heavy (non-hydrogen) atoms. The van der Waals surface area contributed by atoms with Gasteiger partial charge in [0.05, 0.1) is 18.2 Å². The van der Waals surface area contributed by atoms with Crippen LogP contribution in [-0.2, 0) is 7.05 Å². The normalized spacial score (nSPS) is 13.1. The predicted octanol–water partition coefficient (Wildman–Crippen LogP) is 2.56. The molecule has 3 rings (SSSR count). The van der Waals surface area contributed by atoms with Gasteiger partial charge < -0.3 is 14.1 Å². The van der Waals surface area contributed by atoms with E-state index >= 15 is 0 Å². The van der Waals surface area contributed by atoms with Gasteiger partial charge in [0.2, 0.25) is 0 Å². The number of aliphatic hydroxyl groups excluding tert-OH is 1. The Labute approximate surface area is 104 Å². The number of furan rings is 1. The number of aryl methyl sites for hydroxylation is 1. The van der Waals surface area contributed by atoms with Crippen LogP contribution < -0.4 is 0 Å². The van der Waals surface area contributed by atoms with Crippen molar-refractivity contribution in [2.45, 2.75) is 13.0 Å². The Bertz CT molecular complexity index is 697. The Balaban J connectivity index is 2.12. The van der Waals surface area contributed by atoms with E-state index in [4.69, 9.17) is 4.42 Å². The molecule has 0 saturated carbocycles. The standard InChI is InChI=1S/C14H14N2O2/c1-9-15-7-12(16(9)2)14(17)11-8-18-13-6-4-3-5-10(11)13/h3-8,14,17H,1-2H3. The Hall–Kier alpha value is -2.07. The van der Waals surface area contributed by atoms with Gasteiger partial charge in [-0.15, -0.1) is 0 Å². The second kappa shape index (κ2) is 3.99. The van der Waals surface area contributed by atoms with Gasteiger partial charge in [-0.1, -0.05) is 18.2 Å². The summed E-state index contributed by atoms with van der Waals surface area (Å²) in [5, 5.41) is 11.4. The summed E-state index contributed by atoms with van der Waals surface area (Å²) in [5.41, 5.74) is 2.32. The first-order valence-electron chi connectivity index (χ1n) is 5.81. The number of para-hydroxylation sites is 1. The Morgan fingerprint density at radius 1 is 1.33 bits per heavy atom. The van der Waals surface area contributed by atoms with E-state index in [0.29, 0.717) is 0 Å². The number of nitrogens with zero attached hydrogens (tertiary/aromatic N) is 2. The lowest BCUT2D eigenvalue weighted by Gasteiger charge is -2.10. The molecule has 4 nitrogen and oxygen atoms in total. The lowest BCUT2D eigenvalue weighted by molar-refractivity contribution is 0.211.